The van der Waals surface area contributed by atoms with E-state index >= 15 is 0 Å². The molecule has 0 saturated heterocycles. The third-order valence-electron chi connectivity index (χ3n) is 4.36. The summed E-state index contributed by atoms with van der Waals surface area (Å²) in [7, 11) is 0. The zero-order chi connectivity index (χ0) is 24.0. The molecule has 172 valence electrons. The van der Waals surface area contributed by atoms with Gasteiger partial charge in [-0.2, -0.15) is 4.37 Å². The highest BCUT2D eigenvalue weighted by atomic mass is 32.1. The molecule has 13 heteroatoms. The molecule has 33 heavy (non-hydrogen) atoms. The van der Waals surface area contributed by atoms with E-state index in [0.717, 1.165) is 22.9 Å². The second-order valence-electron chi connectivity index (χ2n) is 6.70. The topological polar surface area (TPSA) is 169 Å². The van der Waals surface area contributed by atoms with E-state index in [4.69, 9.17) is 5.41 Å². The first-order chi connectivity index (χ1) is 15.9. The van der Waals surface area contributed by atoms with Crippen molar-refractivity contribution >= 4 is 50.7 Å². The van der Waals surface area contributed by atoms with Crippen LogP contribution in [0.15, 0.2) is 12.4 Å². The smallest absolute Gasteiger partial charge is 0.270 e. The molecule has 3 aromatic rings. The molecule has 0 aromatic carbocycles. The standard InChI is InChI=1S/C20H22N8O3S2/c1-4-6-11-7-22-19(23-8-11)26-17(31)14-10(3)24-20(32-14)27-18-13(16(30)28-33-18)15(21)25-12(5-2)9-29/h7-8,12,29H,5,9H2,1-3H3,(H2,21,25)(H,24,27)(H,28,30)(H,22,23,26,31). The molecule has 0 fully saturated rings. The van der Waals surface area contributed by atoms with Crippen LogP contribution in [-0.4, -0.2) is 53.9 Å². The number of aromatic hydroxyl groups is 1. The van der Waals surface area contributed by atoms with Crippen molar-refractivity contribution in [3.8, 4) is 17.7 Å². The SMILES string of the molecule is CC#Cc1cnc(NC(=O)c2sc(Nc3snc(O)c3C(=N)NC(CC)CO)nc2C)nc1. The van der Waals surface area contributed by atoms with Gasteiger partial charge in [0.1, 0.15) is 21.3 Å². The molecule has 1 amide bonds. The van der Waals surface area contributed by atoms with Gasteiger partial charge in [0.15, 0.2) is 5.13 Å². The fourth-order valence-corrected chi connectivity index (χ4v) is 4.29. The summed E-state index contributed by atoms with van der Waals surface area (Å²) in [5.74, 6) is 4.92. The van der Waals surface area contributed by atoms with Crippen LogP contribution in [0.3, 0.4) is 0 Å². The van der Waals surface area contributed by atoms with Crippen molar-refractivity contribution in [2.24, 2.45) is 0 Å². The molecule has 3 aromatic heterocycles. The number of nitrogens with zero attached hydrogens (tertiary/aromatic N) is 4. The summed E-state index contributed by atoms with van der Waals surface area (Å²) in [6.45, 7) is 5.12. The number of hydrogen-bond acceptors (Lipinski definition) is 11. The maximum atomic E-state index is 12.7. The predicted molar refractivity (Wildman–Crippen MR) is 128 cm³/mol. The largest absolute Gasteiger partial charge is 0.492 e. The molecule has 0 saturated carbocycles. The Balaban J connectivity index is 1.75. The number of aliphatic hydroxyl groups is 1. The van der Waals surface area contributed by atoms with E-state index in [9.17, 15) is 15.0 Å². The summed E-state index contributed by atoms with van der Waals surface area (Å²) in [4.78, 5) is 25.6. The molecule has 0 bridgehead atoms. The Hall–Kier alpha value is -3.60. The van der Waals surface area contributed by atoms with Gasteiger partial charge >= 0.3 is 0 Å². The molecule has 0 spiro atoms. The van der Waals surface area contributed by atoms with Crippen molar-refractivity contribution < 1.29 is 15.0 Å². The van der Waals surface area contributed by atoms with Gasteiger partial charge in [-0.05, 0) is 31.8 Å². The number of aromatic nitrogens is 4. The molecule has 0 aliphatic heterocycles. The second kappa shape index (κ2) is 10.8. The van der Waals surface area contributed by atoms with Crippen LogP contribution in [0.25, 0.3) is 0 Å². The average Bonchev–Trinajstić information content (AvgIpc) is 3.35. The van der Waals surface area contributed by atoms with Gasteiger partial charge in [0, 0.05) is 12.4 Å². The Morgan fingerprint density at radius 1 is 1.33 bits per heavy atom. The zero-order valence-corrected chi connectivity index (χ0v) is 19.7. The van der Waals surface area contributed by atoms with Crippen LogP contribution >= 0.6 is 22.9 Å². The number of amidine groups is 1. The van der Waals surface area contributed by atoms with Gasteiger partial charge in [0.05, 0.1) is 23.9 Å². The Labute approximate surface area is 198 Å². The molecule has 3 rings (SSSR count). The molecule has 6 N–H and O–H groups in total. The minimum atomic E-state index is -0.414. The van der Waals surface area contributed by atoms with Crippen LogP contribution in [0.4, 0.5) is 16.1 Å². The number of carbonyl (C=O) groups is 1. The van der Waals surface area contributed by atoms with Crippen LogP contribution in [0.2, 0.25) is 0 Å². The predicted octanol–water partition coefficient (Wildman–Crippen LogP) is 2.46. The third kappa shape index (κ3) is 5.80. The first-order valence-corrected chi connectivity index (χ1v) is 11.4. The summed E-state index contributed by atoms with van der Waals surface area (Å²) >= 11 is 2.05. The van der Waals surface area contributed by atoms with E-state index < -0.39 is 5.91 Å². The van der Waals surface area contributed by atoms with Crippen molar-refractivity contribution in [2.45, 2.75) is 33.2 Å². The number of nitrogens with one attached hydrogen (secondary N) is 4. The quantitative estimate of drug-likeness (QED) is 0.159. The third-order valence-corrected chi connectivity index (χ3v) is 6.18. The van der Waals surface area contributed by atoms with Gasteiger partial charge in [-0.15, -0.1) is 5.92 Å². The van der Waals surface area contributed by atoms with Gasteiger partial charge in [0.25, 0.3) is 5.91 Å². The molecule has 0 radical (unpaired) electrons. The summed E-state index contributed by atoms with van der Waals surface area (Å²) in [6.07, 6.45) is 3.64. The Kier molecular flexibility index (Phi) is 7.88. The lowest BCUT2D eigenvalue weighted by atomic mass is 10.2. The molecular formula is C20H22N8O3S2. The van der Waals surface area contributed by atoms with Gasteiger partial charge < -0.3 is 20.8 Å². The van der Waals surface area contributed by atoms with Crippen molar-refractivity contribution in [1.29, 1.82) is 5.41 Å². The average molecular weight is 487 g/mol. The molecule has 0 aliphatic rings. The van der Waals surface area contributed by atoms with Crippen LogP contribution in [0, 0.1) is 24.2 Å². The molecular weight excluding hydrogens is 464 g/mol. The van der Waals surface area contributed by atoms with E-state index in [1.807, 2.05) is 6.92 Å². The number of aliphatic hydroxyl groups excluding tert-OH is 1. The number of carbonyl (C=O) groups excluding carboxylic acids is 1. The summed E-state index contributed by atoms with van der Waals surface area (Å²) in [6, 6.07) is -0.327. The van der Waals surface area contributed by atoms with E-state index in [0.29, 0.717) is 32.7 Å². The van der Waals surface area contributed by atoms with E-state index in [2.05, 4.69) is 47.1 Å². The van der Waals surface area contributed by atoms with Crippen LogP contribution < -0.4 is 16.0 Å². The van der Waals surface area contributed by atoms with E-state index in [1.54, 1.807) is 13.8 Å². The maximum absolute atomic E-state index is 12.7. The lowest BCUT2D eigenvalue weighted by Crippen LogP contribution is -2.37. The van der Waals surface area contributed by atoms with E-state index in [-0.39, 0.29) is 35.9 Å². The number of thiazole rings is 1. The zero-order valence-electron chi connectivity index (χ0n) is 18.1. The lowest BCUT2D eigenvalue weighted by Gasteiger charge is -2.16. The number of anilines is 3. The number of amides is 1. The van der Waals surface area contributed by atoms with Crippen LogP contribution in [0.5, 0.6) is 5.88 Å². The maximum Gasteiger partial charge on any atom is 0.270 e. The molecule has 3 heterocycles. The first kappa shape index (κ1) is 24.1. The van der Waals surface area contributed by atoms with Gasteiger partial charge in [-0.3, -0.25) is 15.5 Å². The molecule has 11 nitrogen and oxygen atoms in total. The number of rotatable bonds is 8. The van der Waals surface area contributed by atoms with Gasteiger partial charge in [0.2, 0.25) is 11.8 Å². The van der Waals surface area contributed by atoms with Crippen LogP contribution in [0.1, 0.15) is 46.8 Å². The summed E-state index contributed by atoms with van der Waals surface area (Å²) < 4.78 is 3.90. The highest BCUT2D eigenvalue weighted by Crippen LogP contribution is 2.34. The van der Waals surface area contributed by atoms with E-state index in [1.165, 1.54) is 12.4 Å². The van der Waals surface area contributed by atoms with Crippen molar-refractivity contribution in [2.75, 3.05) is 17.2 Å². The monoisotopic (exact) mass is 486 g/mol. The normalized spacial score (nSPS) is 11.3. The van der Waals surface area contributed by atoms with Crippen molar-refractivity contribution in [3.63, 3.8) is 0 Å². The fraction of sp³-hybridized carbons (Fsp3) is 0.300. The summed E-state index contributed by atoms with van der Waals surface area (Å²) in [5, 5.41) is 37.0. The van der Waals surface area contributed by atoms with Crippen molar-refractivity contribution in [1.82, 2.24) is 24.6 Å². The second-order valence-corrected chi connectivity index (χ2v) is 8.47. The number of hydrogen-bond donors (Lipinski definition) is 6. The fourth-order valence-electron chi connectivity index (χ4n) is 2.66. The minimum absolute atomic E-state index is 0.0794. The lowest BCUT2D eigenvalue weighted by molar-refractivity contribution is 0.102. The highest BCUT2D eigenvalue weighted by Gasteiger charge is 2.22. The van der Waals surface area contributed by atoms with Gasteiger partial charge in [-0.25, -0.2) is 15.0 Å². The first-order valence-electron chi connectivity index (χ1n) is 9.81. The van der Waals surface area contributed by atoms with Crippen molar-refractivity contribution in [3.05, 3.63) is 34.1 Å². The molecule has 1 unspecified atom stereocenters. The highest BCUT2D eigenvalue weighted by molar-refractivity contribution is 7.18. The molecule has 0 aliphatic carbocycles. The minimum Gasteiger partial charge on any atom is -0.492 e. The number of aryl methyl sites for hydroxylation is 1. The molecule has 1 atom stereocenters. The Morgan fingerprint density at radius 3 is 2.70 bits per heavy atom. The Bertz CT molecular complexity index is 1210. The Morgan fingerprint density at radius 2 is 2.06 bits per heavy atom. The summed E-state index contributed by atoms with van der Waals surface area (Å²) in [5.41, 5.74) is 1.29. The van der Waals surface area contributed by atoms with Crippen LogP contribution in [-0.2, 0) is 0 Å². The van der Waals surface area contributed by atoms with Gasteiger partial charge in [-0.1, -0.05) is 24.2 Å².